The molecule has 0 bridgehead atoms. The van der Waals surface area contributed by atoms with Crippen LogP contribution in [0.3, 0.4) is 0 Å². The average molecular weight is 253 g/mol. The van der Waals surface area contributed by atoms with Gasteiger partial charge in [-0.3, -0.25) is 0 Å². The van der Waals surface area contributed by atoms with Crippen LogP contribution in [-0.2, 0) is 4.74 Å². The molecule has 0 aromatic rings. The lowest BCUT2D eigenvalue weighted by atomic mass is 10.1. The van der Waals surface area contributed by atoms with Crippen LogP contribution in [0.25, 0.3) is 0 Å². The minimum Gasteiger partial charge on any atom is -0.444 e. The van der Waals surface area contributed by atoms with Crippen LogP contribution in [-0.4, -0.2) is 29.2 Å². The van der Waals surface area contributed by atoms with Gasteiger partial charge >= 0.3 is 6.09 Å². The van der Waals surface area contributed by atoms with Crippen molar-refractivity contribution in [2.75, 3.05) is 6.54 Å². The van der Waals surface area contributed by atoms with E-state index in [1.807, 2.05) is 25.7 Å². The third-order valence-corrected chi connectivity index (χ3v) is 3.01. The molecule has 1 atom stereocenters. The monoisotopic (exact) mass is 253 g/mol. The fourth-order valence-electron chi connectivity index (χ4n) is 2.12. The van der Waals surface area contributed by atoms with E-state index >= 15 is 0 Å². The standard InChI is InChI=1S/C15H27NO2/c1-5-6-7-8-10-13-11-9-12-16(13)14(17)18-15(2,3)4/h8,10,13H,5-7,9,11-12H2,1-4H3/b10-8+. The lowest BCUT2D eigenvalue weighted by Gasteiger charge is -2.27. The van der Waals surface area contributed by atoms with Crippen LogP contribution in [0.5, 0.6) is 0 Å². The van der Waals surface area contributed by atoms with E-state index in [0.29, 0.717) is 0 Å². The number of carbonyl (C=O) groups is 1. The first kappa shape index (κ1) is 15.1. The van der Waals surface area contributed by atoms with Crippen molar-refractivity contribution in [3.8, 4) is 0 Å². The smallest absolute Gasteiger partial charge is 0.410 e. The molecule has 0 saturated carbocycles. The van der Waals surface area contributed by atoms with Crippen molar-refractivity contribution in [2.24, 2.45) is 0 Å². The number of ether oxygens (including phenoxy) is 1. The number of carbonyl (C=O) groups excluding carboxylic acids is 1. The molecule has 104 valence electrons. The first-order valence-corrected chi connectivity index (χ1v) is 7.10. The summed E-state index contributed by atoms with van der Waals surface area (Å²) in [4.78, 5) is 13.9. The van der Waals surface area contributed by atoms with Gasteiger partial charge in [0.2, 0.25) is 0 Å². The zero-order chi connectivity index (χ0) is 13.6. The Morgan fingerprint density at radius 3 is 2.78 bits per heavy atom. The number of amides is 1. The van der Waals surface area contributed by atoms with Crippen LogP contribution < -0.4 is 0 Å². The first-order chi connectivity index (χ1) is 8.44. The third-order valence-electron chi connectivity index (χ3n) is 3.01. The van der Waals surface area contributed by atoms with Gasteiger partial charge in [0.25, 0.3) is 0 Å². The molecule has 0 radical (unpaired) electrons. The van der Waals surface area contributed by atoms with Crippen LogP contribution in [0.1, 0.15) is 59.8 Å². The summed E-state index contributed by atoms with van der Waals surface area (Å²) in [6, 6.07) is 0.233. The highest BCUT2D eigenvalue weighted by Gasteiger charge is 2.30. The van der Waals surface area contributed by atoms with Crippen molar-refractivity contribution in [1.29, 1.82) is 0 Å². The summed E-state index contributed by atoms with van der Waals surface area (Å²) in [5, 5.41) is 0. The van der Waals surface area contributed by atoms with Gasteiger partial charge in [-0.1, -0.05) is 31.9 Å². The number of rotatable bonds is 4. The summed E-state index contributed by atoms with van der Waals surface area (Å²) in [6.07, 6.45) is 9.87. The minimum atomic E-state index is -0.407. The molecule has 3 nitrogen and oxygen atoms in total. The fraction of sp³-hybridized carbons (Fsp3) is 0.800. The molecular formula is C15H27NO2. The Morgan fingerprint density at radius 1 is 1.44 bits per heavy atom. The Balaban J connectivity index is 2.48. The quantitative estimate of drug-likeness (QED) is 0.557. The molecule has 18 heavy (non-hydrogen) atoms. The predicted octanol–water partition coefficient (Wildman–Crippen LogP) is 4.13. The second-order valence-corrected chi connectivity index (χ2v) is 5.95. The van der Waals surface area contributed by atoms with Gasteiger partial charge in [0.05, 0.1) is 6.04 Å². The maximum Gasteiger partial charge on any atom is 0.410 e. The molecule has 1 unspecified atom stereocenters. The van der Waals surface area contributed by atoms with Crippen LogP contribution in [0.15, 0.2) is 12.2 Å². The van der Waals surface area contributed by atoms with Crippen LogP contribution in [0.2, 0.25) is 0 Å². The van der Waals surface area contributed by atoms with E-state index in [2.05, 4.69) is 19.1 Å². The molecule has 0 aliphatic carbocycles. The maximum absolute atomic E-state index is 12.0. The Morgan fingerprint density at radius 2 is 2.17 bits per heavy atom. The first-order valence-electron chi connectivity index (χ1n) is 7.10. The van der Waals surface area contributed by atoms with Crippen LogP contribution in [0.4, 0.5) is 4.79 Å². The summed E-state index contributed by atoms with van der Waals surface area (Å²) < 4.78 is 5.43. The molecule has 1 aliphatic heterocycles. The van der Waals surface area contributed by atoms with Gasteiger partial charge in [0.1, 0.15) is 5.60 Å². The highest BCUT2D eigenvalue weighted by atomic mass is 16.6. The second-order valence-electron chi connectivity index (χ2n) is 5.95. The van der Waals surface area contributed by atoms with Crippen molar-refractivity contribution in [3.05, 3.63) is 12.2 Å². The van der Waals surface area contributed by atoms with Crippen molar-refractivity contribution in [1.82, 2.24) is 4.90 Å². The number of hydrogen-bond donors (Lipinski definition) is 0. The molecule has 1 fully saturated rings. The van der Waals surface area contributed by atoms with Gasteiger partial charge < -0.3 is 9.64 Å². The molecule has 0 N–H and O–H groups in total. The molecule has 1 saturated heterocycles. The molecule has 0 aromatic carbocycles. The van der Waals surface area contributed by atoms with Crippen molar-refractivity contribution in [2.45, 2.75) is 71.4 Å². The highest BCUT2D eigenvalue weighted by molar-refractivity contribution is 5.69. The summed E-state index contributed by atoms with van der Waals surface area (Å²) in [5.41, 5.74) is -0.407. The Kier molecular flexibility index (Phi) is 5.70. The van der Waals surface area contributed by atoms with Gasteiger partial charge in [0, 0.05) is 6.54 Å². The molecule has 1 rings (SSSR count). The zero-order valence-electron chi connectivity index (χ0n) is 12.2. The van der Waals surface area contributed by atoms with Crippen LogP contribution >= 0.6 is 0 Å². The predicted molar refractivity (Wildman–Crippen MR) is 74.6 cm³/mol. The summed E-state index contributed by atoms with van der Waals surface area (Å²) in [6.45, 7) is 8.74. The molecule has 3 heteroatoms. The second kappa shape index (κ2) is 6.81. The van der Waals surface area contributed by atoms with E-state index in [0.717, 1.165) is 25.8 Å². The summed E-state index contributed by atoms with van der Waals surface area (Å²) >= 11 is 0. The van der Waals surface area contributed by atoms with Gasteiger partial charge in [0.15, 0.2) is 0 Å². The largest absolute Gasteiger partial charge is 0.444 e. The highest BCUT2D eigenvalue weighted by Crippen LogP contribution is 2.21. The summed E-state index contributed by atoms with van der Waals surface area (Å²) in [7, 11) is 0. The topological polar surface area (TPSA) is 29.5 Å². The molecule has 1 aliphatic rings. The Bertz CT molecular complexity index is 291. The number of hydrogen-bond acceptors (Lipinski definition) is 2. The number of likely N-dealkylation sites (tertiary alicyclic amines) is 1. The van der Waals surface area contributed by atoms with Gasteiger partial charge in [-0.25, -0.2) is 4.79 Å². The molecular weight excluding hydrogens is 226 g/mol. The van der Waals surface area contributed by atoms with Crippen molar-refractivity contribution >= 4 is 6.09 Å². The zero-order valence-corrected chi connectivity index (χ0v) is 12.2. The lowest BCUT2D eigenvalue weighted by Crippen LogP contribution is -2.39. The van der Waals surface area contributed by atoms with Crippen molar-refractivity contribution < 1.29 is 9.53 Å². The van der Waals surface area contributed by atoms with Gasteiger partial charge in [-0.15, -0.1) is 0 Å². The lowest BCUT2D eigenvalue weighted by molar-refractivity contribution is 0.0256. The van der Waals surface area contributed by atoms with E-state index < -0.39 is 5.60 Å². The van der Waals surface area contributed by atoms with E-state index in [1.165, 1.54) is 12.8 Å². The molecule has 1 heterocycles. The average Bonchev–Trinajstić information content (AvgIpc) is 2.70. The van der Waals surface area contributed by atoms with E-state index in [4.69, 9.17) is 4.74 Å². The van der Waals surface area contributed by atoms with E-state index in [-0.39, 0.29) is 12.1 Å². The fourth-order valence-corrected chi connectivity index (χ4v) is 2.12. The number of nitrogens with zero attached hydrogens (tertiary/aromatic N) is 1. The maximum atomic E-state index is 12.0. The van der Waals surface area contributed by atoms with E-state index in [1.54, 1.807) is 0 Å². The minimum absolute atomic E-state index is 0.176. The Labute approximate surface area is 111 Å². The van der Waals surface area contributed by atoms with Crippen molar-refractivity contribution in [3.63, 3.8) is 0 Å². The third kappa shape index (κ3) is 5.11. The van der Waals surface area contributed by atoms with Gasteiger partial charge in [-0.2, -0.15) is 0 Å². The van der Waals surface area contributed by atoms with Crippen LogP contribution in [0, 0.1) is 0 Å². The number of allylic oxidation sites excluding steroid dienone is 1. The Hall–Kier alpha value is -0.990. The molecule has 1 amide bonds. The normalized spacial score (nSPS) is 20.7. The van der Waals surface area contributed by atoms with E-state index in [9.17, 15) is 4.79 Å². The molecule has 0 aromatic heterocycles. The number of unbranched alkanes of at least 4 members (excludes halogenated alkanes) is 2. The van der Waals surface area contributed by atoms with Gasteiger partial charge in [-0.05, 0) is 40.0 Å². The molecule has 0 spiro atoms. The SMILES string of the molecule is CCCC/C=C/C1CCCN1C(=O)OC(C)(C)C. The summed E-state index contributed by atoms with van der Waals surface area (Å²) in [5.74, 6) is 0.